The van der Waals surface area contributed by atoms with Gasteiger partial charge < -0.3 is 15.7 Å². The molecule has 2 unspecified atom stereocenters. The second-order valence-electron chi connectivity index (χ2n) is 3.73. The molecule has 1 amide bonds. The summed E-state index contributed by atoms with van der Waals surface area (Å²) in [6.07, 6.45) is 0. The highest BCUT2D eigenvalue weighted by atomic mass is 16.4. The molecule has 0 radical (unpaired) electrons. The van der Waals surface area contributed by atoms with Crippen molar-refractivity contribution in [3.05, 3.63) is 35.9 Å². The highest BCUT2D eigenvalue weighted by molar-refractivity contribution is 5.96. The largest absolute Gasteiger partial charge is 0.480 e. The van der Waals surface area contributed by atoms with E-state index >= 15 is 0 Å². The molecule has 0 aliphatic carbocycles. The van der Waals surface area contributed by atoms with Gasteiger partial charge in [-0.3, -0.25) is 4.79 Å². The molecule has 0 aliphatic rings. The fraction of sp³-hybridized carbons (Fsp3) is 0.333. The summed E-state index contributed by atoms with van der Waals surface area (Å²) < 4.78 is 0. The summed E-state index contributed by atoms with van der Waals surface area (Å²) in [5.41, 5.74) is 0.446. The van der Waals surface area contributed by atoms with E-state index in [9.17, 15) is 9.59 Å². The quantitative estimate of drug-likeness (QED) is 0.694. The standard InChI is InChI=1S/C12H16N2O3/c1-8(13-2)10(12(16)17)14-11(15)9-6-4-3-5-7-9/h3-8,10,13H,1-2H3,(H,14,15)(H,16,17). The number of aliphatic carboxylic acids is 1. The summed E-state index contributed by atoms with van der Waals surface area (Å²) in [5.74, 6) is -1.45. The number of carboxylic acids is 1. The number of benzene rings is 1. The number of carbonyl (C=O) groups excluding carboxylic acids is 1. The maximum absolute atomic E-state index is 11.8. The number of carbonyl (C=O) groups is 2. The number of hydrogen-bond donors (Lipinski definition) is 3. The van der Waals surface area contributed by atoms with Crippen molar-refractivity contribution < 1.29 is 14.7 Å². The molecule has 1 aromatic carbocycles. The molecule has 0 spiro atoms. The van der Waals surface area contributed by atoms with Crippen LogP contribution in [0.25, 0.3) is 0 Å². The third-order valence-electron chi connectivity index (χ3n) is 2.54. The van der Waals surface area contributed by atoms with Gasteiger partial charge in [-0.05, 0) is 26.1 Å². The predicted molar refractivity (Wildman–Crippen MR) is 63.9 cm³/mol. The van der Waals surface area contributed by atoms with Gasteiger partial charge in [-0.15, -0.1) is 0 Å². The van der Waals surface area contributed by atoms with E-state index in [2.05, 4.69) is 10.6 Å². The van der Waals surface area contributed by atoms with Crippen LogP contribution in [-0.4, -0.2) is 36.1 Å². The van der Waals surface area contributed by atoms with E-state index in [1.165, 1.54) is 0 Å². The van der Waals surface area contributed by atoms with Crippen molar-refractivity contribution in [1.29, 1.82) is 0 Å². The second-order valence-corrected chi connectivity index (χ2v) is 3.73. The fourth-order valence-corrected chi connectivity index (χ4v) is 1.38. The van der Waals surface area contributed by atoms with E-state index in [0.717, 1.165) is 0 Å². The normalized spacial score (nSPS) is 13.8. The lowest BCUT2D eigenvalue weighted by atomic mass is 10.1. The lowest BCUT2D eigenvalue weighted by molar-refractivity contribution is -0.139. The van der Waals surface area contributed by atoms with Crippen LogP contribution >= 0.6 is 0 Å². The molecule has 92 valence electrons. The summed E-state index contributed by atoms with van der Waals surface area (Å²) in [5, 5.41) is 14.3. The highest BCUT2D eigenvalue weighted by Crippen LogP contribution is 2.01. The minimum atomic E-state index is -1.06. The Balaban J connectivity index is 2.75. The SMILES string of the molecule is CNC(C)C(NC(=O)c1ccccc1)C(=O)O. The van der Waals surface area contributed by atoms with Crippen LogP contribution in [0, 0.1) is 0 Å². The number of carboxylic acid groups (broad SMARTS) is 1. The monoisotopic (exact) mass is 236 g/mol. The van der Waals surface area contributed by atoms with Crippen LogP contribution in [0.1, 0.15) is 17.3 Å². The first-order valence-electron chi connectivity index (χ1n) is 5.32. The Morgan fingerprint density at radius 3 is 2.29 bits per heavy atom. The predicted octanol–water partition coefficient (Wildman–Crippen LogP) is 0.477. The fourth-order valence-electron chi connectivity index (χ4n) is 1.38. The van der Waals surface area contributed by atoms with Crippen molar-refractivity contribution in [2.45, 2.75) is 19.0 Å². The molecular weight excluding hydrogens is 220 g/mol. The van der Waals surface area contributed by atoms with Gasteiger partial charge in [-0.1, -0.05) is 18.2 Å². The van der Waals surface area contributed by atoms with Crippen molar-refractivity contribution in [3.8, 4) is 0 Å². The topological polar surface area (TPSA) is 78.4 Å². The smallest absolute Gasteiger partial charge is 0.327 e. The van der Waals surface area contributed by atoms with Gasteiger partial charge in [0.2, 0.25) is 0 Å². The molecule has 0 saturated carbocycles. The Hall–Kier alpha value is -1.88. The summed E-state index contributed by atoms with van der Waals surface area (Å²) in [6.45, 7) is 1.70. The van der Waals surface area contributed by atoms with Crippen molar-refractivity contribution in [2.75, 3.05) is 7.05 Å². The lowest BCUT2D eigenvalue weighted by Crippen LogP contribution is -2.52. The minimum Gasteiger partial charge on any atom is -0.480 e. The van der Waals surface area contributed by atoms with Gasteiger partial charge in [-0.25, -0.2) is 4.79 Å². The first-order valence-corrected chi connectivity index (χ1v) is 5.32. The molecule has 3 N–H and O–H groups in total. The third kappa shape index (κ3) is 3.57. The molecule has 1 aromatic rings. The van der Waals surface area contributed by atoms with Gasteiger partial charge in [0.25, 0.3) is 5.91 Å². The van der Waals surface area contributed by atoms with Gasteiger partial charge in [0, 0.05) is 11.6 Å². The zero-order chi connectivity index (χ0) is 12.8. The number of likely N-dealkylation sites (N-methyl/N-ethyl adjacent to an activating group) is 1. The van der Waals surface area contributed by atoms with Crippen LogP contribution < -0.4 is 10.6 Å². The molecule has 0 saturated heterocycles. The van der Waals surface area contributed by atoms with E-state index in [1.54, 1.807) is 44.3 Å². The second kappa shape index (κ2) is 6.00. The zero-order valence-corrected chi connectivity index (χ0v) is 9.81. The zero-order valence-electron chi connectivity index (χ0n) is 9.81. The van der Waals surface area contributed by atoms with E-state index in [0.29, 0.717) is 5.56 Å². The summed E-state index contributed by atoms with van der Waals surface area (Å²) in [7, 11) is 1.65. The number of amides is 1. The average molecular weight is 236 g/mol. The van der Waals surface area contributed by atoms with Crippen molar-refractivity contribution in [2.24, 2.45) is 0 Å². The molecule has 5 nitrogen and oxygen atoms in total. The third-order valence-corrected chi connectivity index (χ3v) is 2.54. The van der Waals surface area contributed by atoms with Gasteiger partial charge in [0.15, 0.2) is 0 Å². The number of rotatable bonds is 5. The van der Waals surface area contributed by atoms with E-state index < -0.39 is 12.0 Å². The van der Waals surface area contributed by atoms with Crippen LogP contribution in [0.2, 0.25) is 0 Å². The molecule has 0 bridgehead atoms. The van der Waals surface area contributed by atoms with Crippen molar-refractivity contribution in [1.82, 2.24) is 10.6 Å². The maximum atomic E-state index is 11.8. The highest BCUT2D eigenvalue weighted by Gasteiger charge is 2.25. The molecule has 0 aliphatic heterocycles. The van der Waals surface area contributed by atoms with Gasteiger partial charge in [0.05, 0.1) is 0 Å². The summed E-state index contributed by atoms with van der Waals surface area (Å²) in [6, 6.07) is 7.23. The van der Waals surface area contributed by atoms with Gasteiger partial charge in [-0.2, -0.15) is 0 Å². The Morgan fingerprint density at radius 2 is 1.82 bits per heavy atom. The van der Waals surface area contributed by atoms with E-state index in [1.807, 2.05) is 0 Å². The van der Waals surface area contributed by atoms with Crippen LogP contribution in [0.4, 0.5) is 0 Å². The van der Waals surface area contributed by atoms with E-state index in [-0.39, 0.29) is 11.9 Å². The van der Waals surface area contributed by atoms with Crippen molar-refractivity contribution >= 4 is 11.9 Å². The molecule has 1 rings (SSSR count). The molecule has 0 aromatic heterocycles. The van der Waals surface area contributed by atoms with E-state index in [4.69, 9.17) is 5.11 Å². The first-order chi connectivity index (χ1) is 8.06. The molecule has 0 heterocycles. The molecule has 5 heteroatoms. The Kier molecular flexibility index (Phi) is 4.66. The van der Waals surface area contributed by atoms with Gasteiger partial charge in [0.1, 0.15) is 6.04 Å². The molecule has 17 heavy (non-hydrogen) atoms. The molecule has 2 atom stereocenters. The first kappa shape index (κ1) is 13.2. The van der Waals surface area contributed by atoms with Crippen LogP contribution in [0.3, 0.4) is 0 Å². The minimum absolute atomic E-state index is 0.347. The van der Waals surface area contributed by atoms with Gasteiger partial charge >= 0.3 is 5.97 Å². The Morgan fingerprint density at radius 1 is 1.24 bits per heavy atom. The molecular formula is C12H16N2O3. The molecule has 0 fully saturated rings. The Bertz CT molecular complexity index is 392. The summed E-state index contributed by atoms with van der Waals surface area (Å²) >= 11 is 0. The van der Waals surface area contributed by atoms with Crippen molar-refractivity contribution in [3.63, 3.8) is 0 Å². The number of hydrogen-bond acceptors (Lipinski definition) is 3. The summed E-state index contributed by atoms with van der Waals surface area (Å²) in [4.78, 5) is 22.8. The maximum Gasteiger partial charge on any atom is 0.327 e. The Labute approximate surface area is 99.8 Å². The van der Waals surface area contributed by atoms with Crippen LogP contribution in [-0.2, 0) is 4.79 Å². The number of nitrogens with one attached hydrogen (secondary N) is 2. The lowest BCUT2D eigenvalue weighted by Gasteiger charge is -2.20. The average Bonchev–Trinajstić information content (AvgIpc) is 2.35. The van der Waals surface area contributed by atoms with Crippen LogP contribution in [0.15, 0.2) is 30.3 Å². The van der Waals surface area contributed by atoms with Crippen LogP contribution in [0.5, 0.6) is 0 Å².